The van der Waals surface area contributed by atoms with E-state index in [0.29, 0.717) is 35.0 Å². The summed E-state index contributed by atoms with van der Waals surface area (Å²) in [5, 5.41) is 2.97. The van der Waals surface area contributed by atoms with Gasteiger partial charge >= 0.3 is 0 Å². The standard InChI is InChI=1S/C20H20ClN3O5S/c21-12-9-15-20(22-10-12)29-19(24-15)11-1-3-13(4-2-11)23-18(25)16-7-8-17(28-16)30(26,27)14-5-6-14/h7-11,13-14H,1-6H2,(H,23,25)/t11-,13+. The minimum absolute atomic E-state index is 0.0145. The van der Waals surface area contributed by atoms with Crippen LogP contribution in [0.15, 0.2) is 38.3 Å². The zero-order valence-corrected chi connectivity index (χ0v) is 17.6. The minimum atomic E-state index is -3.44. The van der Waals surface area contributed by atoms with E-state index < -0.39 is 15.7 Å². The van der Waals surface area contributed by atoms with E-state index in [1.165, 1.54) is 18.3 Å². The molecule has 1 amide bonds. The lowest BCUT2D eigenvalue weighted by atomic mass is 9.86. The number of halogens is 1. The summed E-state index contributed by atoms with van der Waals surface area (Å²) >= 11 is 5.95. The summed E-state index contributed by atoms with van der Waals surface area (Å²) in [7, 11) is -3.44. The van der Waals surface area contributed by atoms with Gasteiger partial charge in [-0.25, -0.2) is 18.4 Å². The number of carbonyl (C=O) groups excluding carboxylic acids is 1. The van der Waals surface area contributed by atoms with Gasteiger partial charge < -0.3 is 14.2 Å². The Balaban J connectivity index is 1.20. The van der Waals surface area contributed by atoms with Crippen LogP contribution in [0.1, 0.15) is 60.9 Å². The topological polar surface area (TPSA) is 115 Å². The fourth-order valence-corrected chi connectivity index (χ4v) is 5.57. The Morgan fingerprint density at radius 1 is 1.10 bits per heavy atom. The molecule has 5 rings (SSSR count). The molecule has 1 N–H and O–H groups in total. The smallest absolute Gasteiger partial charge is 0.287 e. The predicted octanol–water partition coefficient (Wildman–Crippen LogP) is 3.86. The molecule has 2 fully saturated rings. The van der Waals surface area contributed by atoms with Crippen molar-refractivity contribution in [1.29, 1.82) is 0 Å². The van der Waals surface area contributed by atoms with Crippen LogP contribution in [-0.4, -0.2) is 35.6 Å². The third-order valence-corrected chi connectivity index (χ3v) is 8.03. The number of fused-ring (bicyclic) bond motifs is 1. The number of pyridine rings is 1. The highest BCUT2D eigenvalue weighted by molar-refractivity contribution is 7.92. The van der Waals surface area contributed by atoms with Gasteiger partial charge in [-0.1, -0.05) is 11.6 Å². The lowest BCUT2D eigenvalue weighted by Gasteiger charge is -2.27. The molecule has 0 aliphatic heterocycles. The Morgan fingerprint density at radius 2 is 1.87 bits per heavy atom. The third-order valence-electron chi connectivity index (χ3n) is 5.69. The minimum Gasteiger partial charge on any atom is -0.440 e. The summed E-state index contributed by atoms with van der Waals surface area (Å²) in [6.07, 6.45) is 5.97. The second-order valence-electron chi connectivity index (χ2n) is 7.91. The molecule has 10 heteroatoms. The Bertz CT molecular complexity index is 1210. The molecule has 2 aliphatic carbocycles. The number of hydrogen-bond acceptors (Lipinski definition) is 7. The summed E-state index contributed by atoms with van der Waals surface area (Å²) in [6.45, 7) is 0. The number of nitrogens with one attached hydrogen (secondary N) is 1. The lowest BCUT2D eigenvalue weighted by molar-refractivity contribution is 0.0891. The van der Waals surface area contributed by atoms with Crippen molar-refractivity contribution in [1.82, 2.24) is 15.3 Å². The molecule has 3 aromatic rings. The molecule has 158 valence electrons. The van der Waals surface area contributed by atoms with Gasteiger partial charge in [0.1, 0.15) is 5.52 Å². The highest BCUT2D eigenvalue weighted by atomic mass is 35.5. The van der Waals surface area contributed by atoms with Crippen LogP contribution in [0.25, 0.3) is 11.2 Å². The van der Waals surface area contributed by atoms with Gasteiger partial charge in [-0.2, -0.15) is 0 Å². The molecule has 3 aromatic heterocycles. The van der Waals surface area contributed by atoms with Crippen LogP contribution >= 0.6 is 11.6 Å². The Kier molecular flexibility index (Phi) is 4.82. The van der Waals surface area contributed by atoms with Crippen LogP contribution in [0.3, 0.4) is 0 Å². The van der Waals surface area contributed by atoms with Crippen molar-refractivity contribution in [3.8, 4) is 0 Å². The number of aromatic nitrogens is 2. The van der Waals surface area contributed by atoms with Crippen molar-refractivity contribution in [2.75, 3.05) is 0 Å². The summed E-state index contributed by atoms with van der Waals surface area (Å²) < 4.78 is 35.6. The van der Waals surface area contributed by atoms with Crippen LogP contribution in [0.5, 0.6) is 0 Å². The molecule has 2 aliphatic rings. The molecule has 0 atom stereocenters. The van der Waals surface area contributed by atoms with E-state index in [9.17, 15) is 13.2 Å². The number of nitrogens with zero attached hydrogens (tertiary/aromatic N) is 2. The van der Waals surface area contributed by atoms with Gasteiger partial charge in [-0.05, 0) is 56.7 Å². The first-order valence-corrected chi connectivity index (χ1v) is 11.9. The fourth-order valence-electron chi connectivity index (χ4n) is 3.87. The average molecular weight is 450 g/mol. The summed E-state index contributed by atoms with van der Waals surface area (Å²) in [4.78, 5) is 21.1. The number of carbonyl (C=O) groups is 1. The fraction of sp³-hybridized carbons (Fsp3) is 0.450. The maximum absolute atomic E-state index is 12.5. The normalized spacial score (nSPS) is 22.3. The van der Waals surface area contributed by atoms with E-state index in [4.69, 9.17) is 20.4 Å². The molecule has 0 aromatic carbocycles. The van der Waals surface area contributed by atoms with Gasteiger partial charge in [-0.3, -0.25) is 4.79 Å². The SMILES string of the molecule is O=C(N[C@H]1CC[C@@H](c2nc3cc(Cl)cnc3o2)CC1)c1ccc(S(=O)(=O)C2CC2)o1. The number of furan rings is 1. The van der Waals surface area contributed by atoms with E-state index >= 15 is 0 Å². The molecule has 2 saturated carbocycles. The molecule has 8 nitrogen and oxygen atoms in total. The van der Waals surface area contributed by atoms with E-state index in [1.54, 1.807) is 6.07 Å². The molecule has 0 radical (unpaired) electrons. The second kappa shape index (κ2) is 7.39. The summed E-state index contributed by atoms with van der Waals surface area (Å²) in [5.41, 5.74) is 1.11. The number of oxazole rings is 1. The zero-order valence-electron chi connectivity index (χ0n) is 16.0. The van der Waals surface area contributed by atoms with Crippen LogP contribution < -0.4 is 5.32 Å². The highest BCUT2D eigenvalue weighted by Gasteiger charge is 2.39. The van der Waals surface area contributed by atoms with Crippen molar-refractivity contribution >= 4 is 38.6 Å². The van der Waals surface area contributed by atoms with E-state index in [-0.39, 0.29) is 28.1 Å². The molecule has 0 saturated heterocycles. The maximum Gasteiger partial charge on any atom is 0.287 e. The molecule has 30 heavy (non-hydrogen) atoms. The van der Waals surface area contributed by atoms with Crippen molar-refractivity contribution in [2.24, 2.45) is 0 Å². The second-order valence-corrected chi connectivity index (χ2v) is 10.5. The zero-order chi connectivity index (χ0) is 20.9. The van der Waals surface area contributed by atoms with Gasteiger partial charge in [0.2, 0.25) is 26.5 Å². The maximum atomic E-state index is 12.5. The van der Waals surface area contributed by atoms with Crippen molar-refractivity contribution in [2.45, 2.75) is 60.8 Å². The van der Waals surface area contributed by atoms with Gasteiger partial charge in [0.25, 0.3) is 5.91 Å². The predicted molar refractivity (Wildman–Crippen MR) is 108 cm³/mol. The number of sulfone groups is 1. The first-order chi connectivity index (χ1) is 14.4. The van der Waals surface area contributed by atoms with Crippen LogP contribution in [0.2, 0.25) is 5.02 Å². The quantitative estimate of drug-likeness (QED) is 0.628. The van der Waals surface area contributed by atoms with Gasteiger partial charge in [0.05, 0.1) is 10.3 Å². The molecule has 0 unspecified atom stereocenters. The Labute approximate surface area is 177 Å². The van der Waals surface area contributed by atoms with E-state index in [1.807, 2.05) is 0 Å². The lowest BCUT2D eigenvalue weighted by Crippen LogP contribution is -2.37. The van der Waals surface area contributed by atoms with Gasteiger partial charge in [-0.15, -0.1) is 0 Å². The molecule has 0 spiro atoms. The van der Waals surface area contributed by atoms with Crippen molar-refractivity contribution in [3.05, 3.63) is 41.1 Å². The van der Waals surface area contributed by atoms with Crippen molar-refractivity contribution in [3.63, 3.8) is 0 Å². The van der Waals surface area contributed by atoms with Gasteiger partial charge in [0, 0.05) is 18.2 Å². The molecular formula is C20H20ClN3O5S. The third kappa shape index (κ3) is 3.72. The largest absolute Gasteiger partial charge is 0.440 e. The highest BCUT2D eigenvalue weighted by Crippen LogP contribution is 2.35. The van der Waals surface area contributed by atoms with Crippen molar-refractivity contribution < 1.29 is 22.0 Å². The number of amides is 1. The van der Waals surface area contributed by atoms with Gasteiger partial charge in [0.15, 0.2) is 5.76 Å². The molecule has 3 heterocycles. The summed E-state index contributed by atoms with van der Waals surface area (Å²) in [6, 6.07) is 4.50. The Hall–Kier alpha value is -2.39. The summed E-state index contributed by atoms with van der Waals surface area (Å²) in [5.74, 6) is 0.435. The first kappa shape index (κ1) is 19.6. The average Bonchev–Trinajstić information content (AvgIpc) is 3.32. The van der Waals surface area contributed by atoms with Crippen LogP contribution in [0.4, 0.5) is 0 Å². The van der Waals surface area contributed by atoms with E-state index in [0.717, 1.165) is 25.7 Å². The number of rotatable bonds is 5. The first-order valence-electron chi connectivity index (χ1n) is 9.97. The monoisotopic (exact) mass is 449 g/mol. The number of hydrogen-bond donors (Lipinski definition) is 1. The van der Waals surface area contributed by atoms with E-state index in [2.05, 4.69) is 15.3 Å². The van der Waals surface area contributed by atoms with Crippen LogP contribution in [0, 0.1) is 0 Å². The molecule has 0 bridgehead atoms. The molecular weight excluding hydrogens is 430 g/mol. The van der Waals surface area contributed by atoms with Crippen LogP contribution in [-0.2, 0) is 9.84 Å². The Morgan fingerprint density at radius 3 is 2.60 bits per heavy atom.